The first kappa shape index (κ1) is 11.4. The van der Waals surface area contributed by atoms with Crippen molar-refractivity contribution in [3.05, 3.63) is 29.6 Å². The first-order valence-corrected chi connectivity index (χ1v) is 5.89. The average molecular weight is 223 g/mol. The molecule has 1 heterocycles. The maximum atomic E-state index is 13.5. The number of benzene rings is 1. The van der Waals surface area contributed by atoms with E-state index >= 15 is 0 Å². The lowest BCUT2D eigenvalue weighted by molar-refractivity contribution is 0.234. The monoisotopic (exact) mass is 223 g/mol. The summed E-state index contributed by atoms with van der Waals surface area (Å²) in [6, 6.07) is 5.80. The zero-order valence-corrected chi connectivity index (χ0v) is 9.79. The van der Waals surface area contributed by atoms with Crippen LogP contribution in [-0.4, -0.2) is 12.6 Å². The van der Waals surface area contributed by atoms with E-state index in [-0.39, 0.29) is 11.9 Å². The predicted molar refractivity (Wildman–Crippen MR) is 62.1 cm³/mol. The van der Waals surface area contributed by atoms with Crippen molar-refractivity contribution in [2.75, 3.05) is 6.61 Å². The first-order chi connectivity index (χ1) is 7.72. The van der Waals surface area contributed by atoms with Crippen molar-refractivity contribution in [3.63, 3.8) is 0 Å². The quantitative estimate of drug-likeness (QED) is 0.850. The van der Waals surface area contributed by atoms with Gasteiger partial charge in [0.1, 0.15) is 0 Å². The smallest absolute Gasteiger partial charge is 0.165 e. The normalized spacial score (nSPS) is 21.1. The van der Waals surface area contributed by atoms with Gasteiger partial charge in [-0.2, -0.15) is 0 Å². The standard InChI is InChI=1S/C13H18FNO/c1-3-9(2)15-12-7-8-16-13-10(12)5-4-6-11(13)14/h4-6,9,12,15H,3,7-8H2,1-2H3. The fourth-order valence-corrected chi connectivity index (χ4v) is 2.02. The summed E-state index contributed by atoms with van der Waals surface area (Å²) in [4.78, 5) is 0. The van der Waals surface area contributed by atoms with Gasteiger partial charge in [0.05, 0.1) is 6.61 Å². The van der Waals surface area contributed by atoms with Gasteiger partial charge in [0.2, 0.25) is 0 Å². The maximum Gasteiger partial charge on any atom is 0.165 e. The second kappa shape index (κ2) is 4.83. The van der Waals surface area contributed by atoms with Crippen LogP contribution in [0.4, 0.5) is 4.39 Å². The SMILES string of the molecule is CCC(C)NC1CCOc2c(F)cccc21. The van der Waals surface area contributed by atoms with Gasteiger partial charge in [0.25, 0.3) is 0 Å². The van der Waals surface area contributed by atoms with Crippen LogP contribution in [0.1, 0.15) is 38.3 Å². The number of fused-ring (bicyclic) bond motifs is 1. The van der Waals surface area contributed by atoms with E-state index in [1.807, 2.05) is 6.07 Å². The Bertz CT molecular complexity index is 367. The predicted octanol–water partition coefficient (Wildman–Crippen LogP) is 3.04. The van der Waals surface area contributed by atoms with Gasteiger partial charge in [-0.15, -0.1) is 0 Å². The van der Waals surface area contributed by atoms with Crippen molar-refractivity contribution in [1.82, 2.24) is 5.32 Å². The van der Waals surface area contributed by atoms with Crippen molar-refractivity contribution in [2.45, 2.75) is 38.8 Å². The van der Waals surface area contributed by atoms with Crippen molar-refractivity contribution >= 4 is 0 Å². The lowest BCUT2D eigenvalue weighted by atomic mass is 9.99. The molecule has 1 N–H and O–H groups in total. The number of nitrogens with one attached hydrogen (secondary N) is 1. The highest BCUT2D eigenvalue weighted by atomic mass is 19.1. The van der Waals surface area contributed by atoms with Crippen LogP contribution in [0.5, 0.6) is 5.75 Å². The van der Waals surface area contributed by atoms with E-state index in [4.69, 9.17) is 4.74 Å². The largest absolute Gasteiger partial charge is 0.490 e. The summed E-state index contributed by atoms with van der Waals surface area (Å²) in [6.45, 7) is 4.87. The zero-order valence-electron chi connectivity index (χ0n) is 9.79. The fourth-order valence-electron chi connectivity index (χ4n) is 2.02. The number of hydrogen-bond acceptors (Lipinski definition) is 2. The molecule has 1 aliphatic heterocycles. The molecule has 2 unspecified atom stereocenters. The minimum absolute atomic E-state index is 0.217. The summed E-state index contributed by atoms with van der Waals surface area (Å²) in [5.74, 6) is 0.169. The molecule has 0 saturated heterocycles. The number of para-hydroxylation sites is 1. The van der Waals surface area contributed by atoms with E-state index in [1.165, 1.54) is 6.07 Å². The third-order valence-corrected chi connectivity index (χ3v) is 3.12. The number of halogens is 1. The summed E-state index contributed by atoms with van der Waals surface area (Å²) in [6.07, 6.45) is 1.97. The summed E-state index contributed by atoms with van der Waals surface area (Å²) in [5.41, 5.74) is 0.951. The highest BCUT2D eigenvalue weighted by Gasteiger charge is 2.24. The highest BCUT2D eigenvalue weighted by Crippen LogP contribution is 2.34. The summed E-state index contributed by atoms with van der Waals surface area (Å²) < 4.78 is 18.9. The molecule has 0 bridgehead atoms. The van der Waals surface area contributed by atoms with E-state index < -0.39 is 0 Å². The Hall–Kier alpha value is -1.09. The fraction of sp³-hybridized carbons (Fsp3) is 0.538. The van der Waals surface area contributed by atoms with Gasteiger partial charge >= 0.3 is 0 Å². The van der Waals surface area contributed by atoms with Gasteiger partial charge in [-0.05, 0) is 19.4 Å². The zero-order chi connectivity index (χ0) is 11.5. The lowest BCUT2D eigenvalue weighted by Crippen LogP contribution is -2.33. The maximum absolute atomic E-state index is 13.5. The molecule has 0 aromatic heterocycles. The van der Waals surface area contributed by atoms with E-state index in [0.29, 0.717) is 18.4 Å². The summed E-state index contributed by atoms with van der Waals surface area (Å²) in [5, 5.41) is 3.51. The third-order valence-electron chi connectivity index (χ3n) is 3.12. The molecule has 0 saturated carbocycles. The van der Waals surface area contributed by atoms with Crippen LogP contribution in [0.15, 0.2) is 18.2 Å². The Balaban J connectivity index is 2.23. The van der Waals surface area contributed by atoms with Gasteiger partial charge in [-0.25, -0.2) is 4.39 Å². The molecule has 2 atom stereocenters. The van der Waals surface area contributed by atoms with Gasteiger partial charge in [0.15, 0.2) is 11.6 Å². The Morgan fingerprint density at radius 3 is 3.12 bits per heavy atom. The molecule has 2 rings (SSSR count). The molecule has 3 heteroatoms. The van der Waals surface area contributed by atoms with Crippen LogP contribution in [0.3, 0.4) is 0 Å². The van der Waals surface area contributed by atoms with E-state index in [2.05, 4.69) is 19.2 Å². The van der Waals surface area contributed by atoms with E-state index in [0.717, 1.165) is 18.4 Å². The van der Waals surface area contributed by atoms with Gasteiger partial charge in [0, 0.05) is 24.1 Å². The second-order valence-electron chi connectivity index (χ2n) is 4.32. The average Bonchev–Trinajstić information content (AvgIpc) is 2.30. The van der Waals surface area contributed by atoms with Crippen LogP contribution in [-0.2, 0) is 0 Å². The Labute approximate surface area is 95.8 Å². The Kier molecular flexibility index (Phi) is 3.44. The number of rotatable bonds is 3. The molecule has 0 amide bonds. The van der Waals surface area contributed by atoms with Crippen molar-refractivity contribution in [2.24, 2.45) is 0 Å². The van der Waals surface area contributed by atoms with Gasteiger partial charge < -0.3 is 10.1 Å². The molecule has 0 spiro atoms. The minimum Gasteiger partial charge on any atom is -0.490 e. The number of hydrogen-bond donors (Lipinski definition) is 1. The Morgan fingerprint density at radius 1 is 1.56 bits per heavy atom. The van der Waals surface area contributed by atoms with Crippen LogP contribution < -0.4 is 10.1 Å². The van der Waals surface area contributed by atoms with Gasteiger partial charge in [-0.1, -0.05) is 19.1 Å². The molecule has 16 heavy (non-hydrogen) atoms. The molecular formula is C13H18FNO. The summed E-state index contributed by atoms with van der Waals surface area (Å²) in [7, 11) is 0. The molecule has 0 radical (unpaired) electrons. The summed E-state index contributed by atoms with van der Waals surface area (Å²) >= 11 is 0. The van der Waals surface area contributed by atoms with E-state index in [9.17, 15) is 4.39 Å². The van der Waals surface area contributed by atoms with Crippen LogP contribution in [0.25, 0.3) is 0 Å². The molecule has 1 aromatic rings. The molecule has 0 aliphatic carbocycles. The molecule has 0 fully saturated rings. The highest BCUT2D eigenvalue weighted by molar-refractivity contribution is 5.38. The molecule has 1 aromatic carbocycles. The van der Waals surface area contributed by atoms with Gasteiger partial charge in [-0.3, -0.25) is 0 Å². The van der Waals surface area contributed by atoms with Crippen LogP contribution in [0, 0.1) is 5.82 Å². The van der Waals surface area contributed by atoms with Crippen molar-refractivity contribution in [1.29, 1.82) is 0 Å². The topological polar surface area (TPSA) is 21.3 Å². The second-order valence-corrected chi connectivity index (χ2v) is 4.32. The molecule has 1 aliphatic rings. The van der Waals surface area contributed by atoms with E-state index in [1.54, 1.807) is 6.07 Å². The lowest BCUT2D eigenvalue weighted by Gasteiger charge is -2.29. The third kappa shape index (κ3) is 2.19. The first-order valence-electron chi connectivity index (χ1n) is 5.89. The van der Waals surface area contributed by atoms with Crippen LogP contribution >= 0.6 is 0 Å². The van der Waals surface area contributed by atoms with Crippen molar-refractivity contribution in [3.8, 4) is 5.75 Å². The molecular weight excluding hydrogens is 205 g/mol. The molecule has 88 valence electrons. The van der Waals surface area contributed by atoms with Crippen molar-refractivity contribution < 1.29 is 9.13 Å². The number of ether oxygens (including phenoxy) is 1. The Morgan fingerprint density at radius 2 is 2.38 bits per heavy atom. The minimum atomic E-state index is -0.256. The molecule has 2 nitrogen and oxygen atoms in total. The van der Waals surface area contributed by atoms with Crippen LogP contribution in [0.2, 0.25) is 0 Å².